The predicted molar refractivity (Wildman–Crippen MR) is 94.9 cm³/mol. The second-order valence-corrected chi connectivity index (χ2v) is 7.91. The molecular formula is C17H20N2OS2. The Labute approximate surface area is 138 Å². The van der Waals surface area contributed by atoms with Crippen molar-refractivity contribution in [3.05, 3.63) is 51.3 Å². The molecule has 116 valence electrons. The van der Waals surface area contributed by atoms with E-state index in [1.807, 2.05) is 13.0 Å². The van der Waals surface area contributed by atoms with Gasteiger partial charge in [-0.05, 0) is 38.9 Å². The van der Waals surface area contributed by atoms with Crippen molar-refractivity contribution in [1.82, 2.24) is 9.88 Å². The third kappa shape index (κ3) is 2.82. The summed E-state index contributed by atoms with van der Waals surface area (Å²) in [6, 6.07) is 8.33. The number of hydrogen-bond donors (Lipinski definition) is 1. The van der Waals surface area contributed by atoms with E-state index < -0.39 is 5.60 Å². The highest BCUT2D eigenvalue weighted by Gasteiger charge is 2.33. The molecule has 22 heavy (non-hydrogen) atoms. The van der Waals surface area contributed by atoms with Gasteiger partial charge in [0.05, 0.1) is 10.4 Å². The maximum Gasteiger partial charge on any atom is 0.124 e. The van der Waals surface area contributed by atoms with Crippen LogP contribution in [0.4, 0.5) is 0 Å². The maximum atomic E-state index is 11.2. The van der Waals surface area contributed by atoms with E-state index in [0.717, 1.165) is 28.8 Å². The van der Waals surface area contributed by atoms with Crippen LogP contribution in [0.25, 0.3) is 10.1 Å². The zero-order valence-electron chi connectivity index (χ0n) is 13.0. The molecule has 0 spiro atoms. The fraction of sp³-hybridized carbons (Fsp3) is 0.353. The van der Waals surface area contributed by atoms with Crippen molar-refractivity contribution in [3.8, 4) is 0 Å². The molecule has 1 aromatic carbocycles. The van der Waals surface area contributed by atoms with Gasteiger partial charge in [0.25, 0.3) is 0 Å². The first-order valence-corrected chi connectivity index (χ1v) is 8.96. The summed E-state index contributed by atoms with van der Waals surface area (Å²) in [4.78, 5) is 8.46. The number of thiazole rings is 1. The minimum Gasteiger partial charge on any atom is -0.380 e. The largest absolute Gasteiger partial charge is 0.380 e. The lowest BCUT2D eigenvalue weighted by Gasteiger charge is -2.24. The first kappa shape index (κ1) is 15.6. The van der Waals surface area contributed by atoms with Gasteiger partial charge in [-0.15, -0.1) is 22.7 Å². The number of thiophene rings is 1. The molecule has 0 fully saturated rings. The Hall–Kier alpha value is -1.27. The van der Waals surface area contributed by atoms with E-state index in [1.165, 1.54) is 20.9 Å². The van der Waals surface area contributed by atoms with Crippen molar-refractivity contribution in [3.63, 3.8) is 0 Å². The van der Waals surface area contributed by atoms with Crippen LogP contribution in [0.5, 0.6) is 0 Å². The summed E-state index contributed by atoms with van der Waals surface area (Å²) in [5.41, 5.74) is 1.82. The van der Waals surface area contributed by atoms with Crippen molar-refractivity contribution in [2.24, 2.45) is 0 Å². The minimum atomic E-state index is -0.998. The molecule has 0 saturated carbocycles. The monoisotopic (exact) mass is 332 g/mol. The Morgan fingerprint density at radius 3 is 2.73 bits per heavy atom. The molecule has 0 aliphatic rings. The summed E-state index contributed by atoms with van der Waals surface area (Å²) in [7, 11) is 4.16. The van der Waals surface area contributed by atoms with E-state index in [9.17, 15) is 5.11 Å². The van der Waals surface area contributed by atoms with E-state index in [4.69, 9.17) is 0 Å². The first-order valence-electron chi connectivity index (χ1n) is 7.27. The molecule has 2 heterocycles. The van der Waals surface area contributed by atoms with Crippen molar-refractivity contribution in [1.29, 1.82) is 0 Å². The van der Waals surface area contributed by atoms with Crippen LogP contribution in [0.15, 0.2) is 36.0 Å². The molecule has 0 aliphatic heterocycles. The van der Waals surface area contributed by atoms with Crippen LogP contribution in [0.1, 0.15) is 22.2 Å². The summed E-state index contributed by atoms with van der Waals surface area (Å²) in [6.07, 6.45) is 2.71. The zero-order chi connectivity index (χ0) is 15.7. The quantitative estimate of drug-likeness (QED) is 0.773. The molecule has 1 unspecified atom stereocenters. The lowest BCUT2D eigenvalue weighted by Crippen LogP contribution is -2.24. The van der Waals surface area contributed by atoms with Crippen LogP contribution < -0.4 is 0 Å². The van der Waals surface area contributed by atoms with Crippen LogP contribution in [0.3, 0.4) is 0 Å². The predicted octanol–water partition coefficient (Wildman–Crippen LogP) is 3.72. The molecule has 5 heteroatoms. The second kappa shape index (κ2) is 6.08. The standard InChI is InChI=1S/C17H20N2OS2/c1-17(20,15-10-18-11-21-15)16-12-6-4-5-7-13(12)22-14(16)8-9-19(2)3/h4-7,10-11,20H,8-9H2,1-3H3. The number of nitrogens with zero attached hydrogens (tertiary/aromatic N) is 2. The Balaban J connectivity index is 2.15. The van der Waals surface area contributed by atoms with Gasteiger partial charge in [-0.2, -0.15) is 0 Å². The van der Waals surface area contributed by atoms with E-state index in [-0.39, 0.29) is 0 Å². The first-order chi connectivity index (χ1) is 10.5. The second-order valence-electron chi connectivity index (χ2n) is 5.89. The van der Waals surface area contributed by atoms with E-state index in [0.29, 0.717) is 0 Å². The number of likely N-dealkylation sites (N-methyl/N-ethyl adjacent to an activating group) is 1. The van der Waals surface area contributed by atoms with Crippen molar-refractivity contribution in [2.75, 3.05) is 20.6 Å². The number of fused-ring (bicyclic) bond motifs is 1. The number of benzene rings is 1. The van der Waals surface area contributed by atoms with Gasteiger partial charge in [0.1, 0.15) is 5.60 Å². The molecule has 1 atom stereocenters. The van der Waals surface area contributed by atoms with Crippen LogP contribution >= 0.6 is 22.7 Å². The SMILES string of the molecule is CN(C)CCc1sc2ccccc2c1C(C)(O)c1cncs1. The molecule has 0 bridgehead atoms. The van der Waals surface area contributed by atoms with Crippen molar-refractivity contribution >= 4 is 32.8 Å². The maximum absolute atomic E-state index is 11.2. The Morgan fingerprint density at radius 1 is 1.27 bits per heavy atom. The summed E-state index contributed by atoms with van der Waals surface area (Å²) >= 11 is 3.29. The van der Waals surface area contributed by atoms with Gasteiger partial charge in [-0.1, -0.05) is 18.2 Å². The van der Waals surface area contributed by atoms with Gasteiger partial charge in [0.2, 0.25) is 0 Å². The minimum absolute atomic E-state index is 0.891. The average Bonchev–Trinajstić information content (AvgIpc) is 3.12. The molecule has 1 N–H and O–H groups in total. The Morgan fingerprint density at radius 2 is 2.05 bits per heavy atom. The molecular weight excluding hydrogens is 312 g/mol. The molecule has 2 aromatic heterocycles. The third-order valence-electron chi connectivity index (χ3n) is 3.85. The average molecular weight is 332 g/mol. The van der Waals surface area contributed by atoms with Gasteiger partial charge in [-0.25, -0.2) is 0 Å². The molecule has 0 saturated heterocycles. The fourth-order valence-corrected chi connectivity index (χ4v) is 4.70. The summed E-state index contributed by atoms with van der Waals surface area (Å²) in [6.45, 7) is 2.85. The van der Waals surface area contributed by atoms with Gasteiger partial charge >= 0.3 is 0 Å². The molecule has 0 amide bonds. The van der Waals surface area contributed by atoms with Gasteiger partial charge in [0, 0.05) is 27.9 Å². The highest BCUT2D eigenvalue weighted by molar-refractivity contribution is 7.19. The summed E-state index contributed by atoms with van der Waals surface area (Å²) in [5.74, 6) is 0. The molecule has 0 radical (unpaired) electrons. The number of hydrogen-bond acceptors (Lipinski definition) is 5. The van der Waals surface area contributed by atoms with Crippen molar-refractivity contribution < 1.29 is 5.11 Å². The molecule has 0 aliphatic carbocycles. The number of aromatic nitrogens is 1. The normalized spacial score (nSPS) is 14.6. The number of aliphatic hydroxyl groups is 1. The van der Waals surface area contributed by atoms with Gasteiger partial charge in [-0.3, -0.25) is 4.98 Å². The fourth-order valence-electron chi connectivity index (χ4n) is 2.71. The Bertz CT molecular complexity index is 760. The van der Waals surface area contributed by atoms with Crippen LogP contribution in [-0.4, -0.2) is 35.6 Å². The lowest BCUT2D eigenvalue weighted by molar-refractivity contribution is 0.107. The van der Waals surface area contributed by atoms with Gasteiger partial charge < -0.3 is 10.0 Å². The topological polar surface area (TPSA) is 36.4 Å². The lowest BCUT2D eigenvalue weighted by atomic mass is 9.91. The Kier molecular flexibility index (Phi) is 4.32. The zero-order valence-corrected chi connectivity index (χ0v) is 14.7. The van der Waals surface area contributed by atoms with Crippen LogP contribution in [0.2, 0.25) is 0 Å². The molecule has 3 aromatic rings. The highest BCUT2D eigenvalue weighted by Crippen LogP contribution is 2.42. The third-order valence-corrected chi connectivity index (χ3v) is 6.07. The highest BCUT2D eigenvalue weighted by atomic mass is 32.1. The smallest absolute Gasteiger partial charge is 0.124 e. The van der Waals surface area contributed by atoms with Crippen LogP contribution in [-0.2, 0) is 12.0 Å². The van der Waals surface area contributed by atoms with Crippen LogP contribution in [0, 0.1) is 0 Å². The summed E-state index contributed by atoms with van der Waals surface area (Å²) < 4.78 is 1.23. The summed E-state index contributed by atoms with van der Waals surface area (Å²) in [5, 5.41) is 12.4. The van der Waals surface area contributed by atoms with E-state index in [1.54, 1.807) is 23.0 Å². The van der Waals surface area contributed by atoms with E-state index >= 15 is 0 Å². The molecule has 3 rings (SSSR count). The van der Waals surface area contributed by atoms with Crippen molar-refractivity contribution in [2.45, 2.75) is 18.9 Å². The van der Waals surface area contributed by atoms with Gasteiger partial charge in [0.15, 0.2) is 0 Å². The van der Waals surface area contributed by atoms with E-state index in [2.05, 4.69) is 42.2 Å². The number of rotatable bonds is 5. The molecule has 3 nitrogen and oxygen atoms in total.